The zero-order valence-corrected chi connectivity index (χ0v) is 12.0. The van der Waals surface area contributed by atoms with Crippen molar-refractivity contribution in [3.8, 4) is 0 Å². The molecule has 0 spiro atoms. The van der Waals surface area contributed by atoms with E-state index in [0.717, 1.165) is 18.5 Å². The summed E-state index contributed by atoms with van der Waals surface area (Å²) >= 11 is 0. The second kappa shape index (κ2) is 6.41. The van der Waals surface area contributed by atoms with E-state index in [4.69, 9.17) is 0 Å². The molecule has 1 aromatic rings. The van der Waals surface area contributed by atoms with E-state index < -0.39 is 0 Å². The van der Waals surface area contributed by atoms with Crippen LogP contribution in [0, 0.1) is 0 Å². The molecule has 0 saturated carbocycles. The van der Waals surface area contributed by atoms with Gasteiger partial charge >= 0.3 is 0 Å². The summed E-state index contributed by atoms with van der Waals surface area (Å²) in [5.41, 5.74) is 2.24. The zero-order chi connectivity index (χ0) is 14.5. The standard InChI is InChI=1S/C15H21N3O2/c1-3-18(2)14(19)10-16-15(20)13-9-8-11-6-4-5-7-12(11)17-13/h4-7,13,17H,3,8-10H2,1-2H3,(H,16,20). The van der Waals surface area contributed by atoms with Crippen LogP contribution in [0.25, 0.3) is 0 Å². The van der Waals surface area contributed by atoms with Crippen molar-refractivity contribution < 1.29 is 9.59 Å². The Kier molecular flexibility index (Phi) is 4.61. The molecule has 108 valence electrons. The highest BCUT2D eigenvalue weighted by atomic mass is 16.2. The fourth-order valence-corrected chi connectivity index (χ4v) is 2.23. The fourth-order valence-electron chi connectivity index (χ4n) is 2.23. The van der Waals surface area contributed by atoms with Gasteiger partial charge in [-0.05, 0) is 31.4 Å². The summed E-state index contributed by atoms with van der Waals surface area (Å²) in [6.45, 7) is 2.60. The first kappa shape index (κ1) is 14.4. The van der Waals surface area contributed by atoms with Crippen LogP contribution in [-0.4, -0.2) is 42.9 Å². The minimum absolute atomic E-state index is 0.0585. The molecule has 2 amide bonds. The van der Waals surface area contributed by atoms with Gasteiger partial charge < -0.3 is 15.5 Å². The van der Waals surface area contributed by atoms with Crippen LogP contribution < -0.4 is 10.6 Å². The van der Waals surface area contributed by atoms with Crippen LogP contribution in [0.15, 0.2) is 24.3 Å². The van der Waals surface area contributed by atoms with Crippen molar-refractivity contribution in [1.82, 2.24) is 10.2 Å². The molecule has 1 aliphatic heterocycles. The van der Waals surface area contributed by atoms with E-state index >= 15 is 0 Å². The maximum Gasteiger partial charge on any atom is 0.242 e. The van der Waals surface area contributed by atoms with E-state index in [2.05, 4.69) is 16.7 Å². The Morgan fingerprint density at radius 2 is 2.15 bits per heavy atom. The van der Waals surface area contributed by atoms with Crippen molar-refractivity contribution in [2.24, 2.45) is 0 Å². The maximum absolute atomic E-state index is 12.1. The number of anilines is 1. The number of nitrogens with zero attached hydrogens (tertiary/aromatic N) is 1. The van der Waals surface area contributed by atoms with E-state index in [0.29, 0.717) is 6.54 Å². The summed E-state index contributed by atoms with van der Waals surface area (Å²) in [6, 6.07) is 7.73. The third kappa shape index (κ3) is 3.29. The second-order valence-corrected chi connectivity index (χ2v) is 5.02. The predicted octanol–water partition coefficient (Wildman–Crippen LogP) is 1.01. The van der Waals surface area contributed by atoms with Crippen LogP contribution in [-0.2, 0) is 16.0 Å². The van der Waals surface area contributed by atoms with Gasteiger partial charge in [0.2, 0.25) is 11.8 Å². The Hall–Kier alpha value is -2.04. The minimum Gasteiger partial charge on any atom is -0.373 e. The maximum atomic E-state index is 12.1. The molecule has 0 aliphatic carbocycles. The summed E-state index contributed by atoms with van der Waals surface area (Å²) in [7, 11) is 1.73. The van der Waals surface area contributed by atoms with Crippen molar-refractivity contribution in [1.29, 1.82) is 0 Å². The van der Waals surface area contributed by atoms with E-state index in [9.17, 15) is 9.59 Å². The number of amides is 2. The molecule has 1 aliphatic rings. The number of hydrogen-bond donors (Lipinski definition) is 2. The van der Waals surface area contributed by atoms with E-state index in [-0.39, 0.29) is 24.4 Å². The number of likely N-dealkylation sites (N-methyl/N-ethyl adjacent to an activating group) is 1. The Morgan fingerprint density at radius 1 is 1.40 bits per heavy atom. The van der Waals surface area contributed by atoms with Gasteiger partial charge in [0.1, 0.15) is 6.04 Å². The van der Waals surface area contributed by atoms with Crippen LogP contribution in [0.5, 0.6) is 0 Å². The summed E-state index contributed by atoms with van der Waals surface area (Å²) in [5.74, 6) is -0.186. The molecule has 1 atom stereocenters. The molecular weight excluding hydrogens is 254 g/mol. The molecule has 0 aromatic heterocycles. The quantitative estimate of drug-likeness (QED) is 0.862. The third-order valence-electron chi connectivity index (χ3n) is 3.68. The molecule has 0 radical (unpaired) electrons. The number of carbonyl (C=O) groups is 2. The molecule has 1 heterocycles. The van der Waals surface area contributed by atoms with Crippen molar-refractivity contribution in [3.05, 3.63) is 29.8 Å². The Bertz CT molecular complexity index is 502. The van der Waals surface area contributed by atoms with Crippen LogP contribution >= 0.6 is 0 Å². The van der Waals surface area contributed by atoms with E-state index in [1.807, 2.05) is 25.1 Å². The number of fused-ring (bicyclic) bond motifs is 1. The number of benzene rings is 1. The van der Waals surface area contributed by atoms with Gasteiger partial charge in [0.05, 0.1) is 6.54 Å². The highest BCUT2D eigenvalue weighted by molar-refractivity contribution is 5.89. The number of hydrogen-bond acceptors (Lipinski definition) is 3. The molecule has 0 saturated heterocycles. The summed E-state index contributed by atoms with van der Waals surface area (Å²) in [5, 5.41) is 5.93. The van der Waals surface area contributed by atoms with Gasteiger partial charge in [-0.25, -0.2) is 0 Å². The first-order valence-electron chi connectivity index (χ1n) is 6.98. The largest absolute Gasteiger partial charge is 0.373 e. The predicted molar refractivity (Wildman–Crippen MR) is 78.5 cm³/mol. The lowest BCUT2D eigenvalue weighted by Crippen LogP contribution is -2.45. The van der Waals surface area contributed by atoms with Crippen LogP contribution in [0.2, 0.25) is 0 Å². The average Bonchev–Trinajstić information content (AvgIpc) is 2.50. The Labute approximate surface area is 119 Å². The number of carbonyl (C=O) groups excluding carboxylic acids is 2. The van der Waals surface area contributed by atoms with Crippen molar-refractivity contribution in [2.75, 3.05) is 25.5 Å². The minimum atomic E-state index is -0.260. The molecule has 0 fully saturated rings. The molecule has 0 bridgehead atoms. The lowest BCUT2D eigenvalue weighted by atomic mass is 9.98. The highest BCUT2D eigenvalue weighted by Crippen LogP contribution is 2.24. The van der Waals surface area contributed by atoms with Crippen LogP contribution in [0.3, 0.4) is 0 Å². The number of para-hydroxylation sites is 1. The van der Waals surface area contributed by atoms with Gasteiger partial charge in [-0.15, -0.1) is 0 Å². The smallest absolute Gasteiger partial charge is 0.242 e. The van der Waals surface area contributed by atoms with Gasteiger partial charge in [-0.3, -0.25) is 9.59 Å². The molecule has 1 aromatic carbocycles. The molecule has 20 heavy (non-hydrogen) atoms. The SMILES string of the molecule is CCN(C)C(=O)CNC(=O)C1CCc2ccccc2N1. The van der Waals surface area contributed by atoms with Crippen LogP contribution in [0.4, 0.5) is 5.69 Å². The Balaban J connectivity index is 1.87. The summed E-state index contributed by atoms with van der Waals surface area (Å²) < 4.78 is 0. The molecule has 2 rings (SSSR count). The van der Waals surface area contributed by atoms with Crippen molar-refractivity contribution in [2.45, 2.75) is 25.8 Å². The summed E-state index contributed by atoms with van der Waals surface area (Å²) in [4.78, 5) is 25.3. The van der Waals surface area contributed by atoms with E-state index in [1.54, 1.807) is 11.9 Å². The topological polar surface area (TPSA) is 61.4 Å². The number of rotatable bonds is 4. The average molecular weight is 275 g/mol. The van der Waals surface area contributed by atoms with Crippen molar-refractivity contribution in [3.63, 3.8) is 0 Å². The third-order valence-corrected chi connectivity index (χ3v) is 3.68. The fraction of sp³-hybridized carbons (Fsp3) is 0.467. The second-order valence-electron chi connectivity index (χ2n) is 5.02. The van der Waals surface area contributed by atoms with Gasteiger partial charge in [-0.1, -0.05) is 18.2 Å². The highest BCUT2D eigenvalue weighted by Gasteiger charge is 2.23. The van der Waals surface area contributed by atoms with Crippen LogP contribution in [0.1, 0.15) is 18.9 Å². The van der Waals surface area contributed by atoms with Crippen molar-refractivity contribution >= 4 is 17.5 Å². The normalized spacial score (nSPS) is 16.8. The lowest BCUT2D eigenvalue weighted by molar-refractivity contribution is -0.131. The molecule has 5 nitrogen and oxygen atoms in total. The molecular formula is C15H21N3O2. The molecule has 5 heteroatoms. The summed E-state index contributed by atoms with van der Waals surface area (Å²) in [6.07, 6.45) is 1.63. The van der Waals surface area contributed by atoms with Gasteiger partial charge in [0, 0.05) is 19.3 Å². The molecule has 1 unspecified atom stereocenters. The van der Waals surface area contributed by atoms with Gasteiger partial charge in [0.15, 0.2) is 0 Å². The zero-order valence-electron chi connectivity index (χ0n) is 12.0. The number of nitrogens with one attached hydrogen (secondary N) is 2. The van der Waals surface area contributed by atoms with E-state index in [1.165, 1.54) is 5.56 Å². The van der Waals surface area contributed by atoms with Gasteiger partial charge in [-0.2, -0.15) is 0 Å². The lowest BCUT2D eigenvalue weighted by Gasteiger charge is -2.26. The van der Waals surface area contributed by atoms with Gasteiger partial charge in [0.25, 0.3) is 0 Å². The number of aryl methyl sites for hydroxylation is 1. The first-order chi connectivity index (χ1) is 9.61. The Morgan fingerprint density at radius 3 is 2.90 bits per heavy atom. The molecule has 2 N–H and O–H groups in total. The first-order valence-corrected chi connectivity index (χ1v) is 6.98. The monoisotopic (exact) mass is 275 g/mol.